The monoisotopic (exact) mass is 333 g/mol. The molecule has 1 amide bonds. The molecule has 138 valence electrons. The summed E-state index contributed by atoms with van der Waals surface area (Å²) in [6.45, 7) is 4.25. The average Bonchev–Trinajstić information content (AvgIpc) is 2.99. The van der Waals surface area contributed by atoms with Gasteiger partial charge >= 0.3 is 0 Å². The van der Waals surface area contributed by atoms with E-state index in [2.05, 4.69) is 31.2 Å². The number of carbonyl (C=O) groups excluding carboxylic acids is 1. The van der Waals surface area contributed by atoms with Crippen LogP contribution in [-0.2, 0) is 4.79 Å². The smallest absolute Gasteiger partial charge is 0.222 e. The van der Waals surface area contributed by atoms with Crippen LogP contribution in [0.15, 0.2) is 24.3 Å². The number of allylic oxidation sites excluding steroid dienone is 4. The molecule has 0 aromatic rings. The van der Waals surface area contributed by atoms with Gasteiger partial charge in [0.1, 0.15) is 0 Å². The maximum absolute atomic E-state index is 11.5. The van der Waals surface area contributed by atoms with Crippen LogP contribution in [0.25, 0.3) is 0 Å². The van der Waals surface area contributed by atoms with Gasteiger partial charge in [0.05, 0.1) is 0 Å². The molecule has 0 bridgehead atoms. The van der Waals surface area contributed by atoms with Crippen LogP contribution in [-0.4, -0.2) is 23.9 Å². The third-order valence-electron chi connectivity index (χ3n) is 4.80. The van der Waals surface area contributed by atoms with Crippen LogP contribution in [0.4, 0.5) is 0 Å². The Hall–Kier alpha value is -1.05. The van der Waals surface area contributed by atoms with E-state index in [1.165, 1.54) is 70.6 Å². The number of unbranched alkanes of at least 4 members (excludes halogenated alkanes) is 9. The van der Waals surface area contributed by atoms with E-state index in [4.69, 9.17) is 0 Å². The first-order valence-corrected chi connectivity index (χ1v) is 10.4. The summed E-state index contributed by atoms with van der Waals surface area (Å²) in [5, 5.41) is 0. The summed E-state index contributed by atoms with van der Waals surface area (Å²) in [4.78, 5) is 13.5. The van der Waals surface area contributed by atoms with Crippen molar-refractivity contribution in [2.24, 2.45) is 0 Å². The third kappa shape index (κ3) is 11.5. The molecular weight excluding hydrogens is 294 g/mol. The van der Waals surface area contributed by atoms with E-state index < -0.39 is 0 Å². The van der Waals surface area contributed by atoms with Gasteiger partial charge in [0.15, 0.2) is 0 Å². The second kappa shape index (κ2) is 15.5. The van der Waals surface area contributed by atoms with Gasteiger partial charge < -0.3 is 4.90 Å². The molecule has 0 saturated carbocycles. The lowest BCUT2D eigenvalue weighted by Gasteiger charge is -2.14. The molecule has 2 nitrogen and oxygen atoms in total. The molecule has 1 aliphatic heterocycles. The third-order valence-corrected chi connectivity index (χ3v) is 4.80. The predicted octanol–water partition coefficient (Wildman–Crippen LogP) is 6.42. The lowest BCUT2D eigenvalue weighted by atomic mass is 10.1. The summed E-state index contributed by atoms with van der Waals surface area (Å²) in [7, 11) is 0. The van der Waals surface area contributed by atoms with E-state index in [9.17, 15) is 4.79 Å². The minimum absolute atomic E-state index is 0.373. The fourth-order valence-electron chi connectivity index (χ4n) is 3.23. The van der Waals surface area contributed by atoms with E-state index in [1.807, 2.05) is 4.90 Å². The molecule has 1 aliphatic rings. The van der Waals surface area contributed by atoms with Crippen LogP contribution in [0.1, 0.15) is 96.8 Å². The summed E-state index contributed by atoms with van der Waals surface area (Å²) in [5.41, 5.74) is 0. The Morgan fingerprint density at radius 2 is 1.46 bits per heavy atom. The fraction of sp³-hybridized carbons (Fsp3) is 0.773. The van der Waals surface area contributed by atoms with Gasteiger partial charge in [0, 0.05) is 19.5 Å². The van der Waals surface area contributed by atoms with Crippen molar-refractivity contribution in [1.82, 2.24) is 4.90 Å². The number of amides is 1. The van der Waals surface area contributed by atoms with Crippen LogP contribution >= 0.6 is 0 Å². The zero-order valence-corrected chi connectivity index (χ0v) is 16.0. The topological polar surface area (TPSA) is 20.3 Å². The lowest BCUT2D eigenvalue weighted by molar-refractivity contribution is -0.127. The Bertz CT molecular complexity index is 359. The predicted molar refractivity (Wildman–Crippen MR) is 105 cm³/mol. The van der Waals surface area contributed by atoms with E-state index in [0.717, 1.165) is 32.4 Å². The van der Waals surface area contributed by atoms with Crippen molar-refractivity contribution >= 4 is 5.91 Å². The minimum atomic E-state index is 0.373. The summed E-state index contributed by atoms with van der Waals surface area (Å²) in [6, 6.07) is 0. The van der Waals surface area contributed by atoms with E-state index >= 15 is 0 Å². The normalized spacial score (nSPS) is 15.4. The molecule has 1 fully saturated rings. The molecule has 1 rings (SSSR count). The van der Waals surface area contributed by atoms with Crippen LogP contribution in [0.3, 0.4) is 0 Å². The lowest BCUT2D eigenvalue weighted by Crippen LogP contribution is -2.25. The van der Waals surface area contributed by atoms with Gasteiger partial charge in [-0.1, -0.05) is 69.8 Å². The van der Waals surface area contributed by atoms with Crippen molar-refractivity contribution in [1.29, 1.82) is 0 Å². The maximum Gasteiger partial charge on any atom is 0.222 e. The summed E-state index contributed by atoms with van der Waals surface area (Å²) in [5.74, 6) is 0.373. The van der Waals surface area contributed by atoms with Gasteiger partial charge in [-0.3, -0.25) is 4.79 Å². The SMILES string of the molecule is CCCCC/C=C\C/C=C\CCCCCCCCN1CCCC1=O. The molecular formula is C22H39NO. The molecule has 0 radical (unpaired) electrons. The summed E-state index contributed by atoms with van der Waals surface area (Å²) < 4.78 is 0. The van der Waals surface area contributed by atoms with E-state index in [-0.39, 0.29) is 0 Å². The fourth-order valence-corrected chi connectivity index (χ4v) is 3.23. The van der Waals surface area contributed by atoms with Crippen LogP contribution in [0, 0.1) is 0 Å². The Kier molecular flexibility index (Phi) is 13.5. The van der Waals surface area contributed by atoms with Crippen molar-refractivity contribution in [3.8, 4) is 0 Å². The van der Waals surface area contributed by atoms with Crippen molar-refractivity contribution in [3.05, 3.63) is 24.3 Å². The molecule has 0 spiro atoms. The Labute approximate surface area is 150 Å². The van der Waals surface area contributed by atoms with E-state index in [0.29, 0.717) is 5.91 Å². The first kappa shape index (κ1) is 21.0. The van der Waals surface area contributed by atoms with Gasteiger partial charge in [0.25, 0.3) is 0 Å². The molecule has 0 unspecified atom stereocenters. The Morgan fingerprint density at radius 1 is 0.833 bits per heavy atom. The Morgan fingerprint density at radius 3 is 2.08 bits per heavy atom. The molecule has 0 aromatic carbocycles. The number of likely N-dealkylation sites (tertiary alicyclic amines) is 1. The molecule has 24 heavy (non-hydrogen) atoms. The van der Waals surface area contributed by atoms with Crippen LogP contribution in [0.5, 0.6) is 0 Å². The van der Waals surface area contributed by atoms with Gasteiger partial charge in [-0.15, -0.1) is 0 Å². The van der Waals surface area contributed by atoms with E-state index in [1.54, 1.807) is 0 Å². The van der Waals surface area contributed by atoms with Gasteiger partial charge in [0.2, 0.25) is 5.91 Å². The number of hydrogen-bond donors (Lipinski definition) is 0. The highest BCUT2D eigenvalue weighted by atomic mass is 16.2. The van der Waals surface area contributed by atoms with Crippen LogP contribution < -0.4 is 0 Å². The van der Waals surface area contributed by atoms with Crippen molar-refractivity contribution in [2.45, 2.75) is 96.8 Å². The Balaban J connectivity index is 1.78. The zero-order chi connectivity index (χ0) is 17.3. The molecule has 1 saturated heterocycles. The number of hydrogen-bond acceptors (Lipinski definition) is 1. The maximum atomic E-state index is 11.5. The molecule has 0 atom stereocenters. The number of nitrogens with zero attached hydrogens (tertiary/aromatic N) is 1. The molecule has 1 heterocycles. The quantitative estimate of drug-likeness (QED) is 0.250. The van der Waals surface area contributed by atoms with Crippen molar-refractivity contribution in [3.63, 3.8) is 0 Å². The van der Waals surface area contributed by atoms with Gasteiger partial charge in [-0.2, -0.15) is 0 Å². The highest BCUT2D eigenvalue weighted by molar-refractivity contribution is 5.77. The average molecular weight is 334 g/mol. The van der Waals surface area contributed by atoms with Crippen molar-refractivity contribution < 1.29 is 4.79 Å². The number of rotatable bonds is 15. The molecule has 0 N–H and O–H groups in total. The van der Waals surface area contributed by atoms with Gasteiger partial charge in [-0.25, -0.2) is 0 Å². The largest absolute Gasteiger partial charge is 0.343 e. The highest BCUT2D eigenvalue weighted by Crippen LogP contribution is 2.12. The van der Waals surface area contributed by atoms with Gasteiger partial charge in [-0.05, 0) is 44.9 Å². The molecule has 2 heteroatoms. The first-order chi connectivity index (χ1) is 11.8. The van der Waals surface area contributed by atoms with Crippen LogP contribution in [0.2, 0.25) is 0 Å². The zero-order valence-electron chi connectivity index (χ0n) is 16.0. The standard InChI is InChI=1S/C22H39NO/c1-2-3-4-5-6-7-8-9-10-11-12-13-14-15-16-17-20-23-21-18-19-22(23)24/h6-7,9-10H,2-5,8,11-21H2,1H3/b7-6-,10-9-. The van der Waals surface area contributed by atoms with Crippen molar-refractivity contribution in [2.75, 3.05) is 13.1 Å². The minimum Gasteiger partial charge on any atom is -0.343 e. The second-order valence-corrected chi connectivity index (χ2v) is 7.07. The molecule has 0 aromatic heterocycles. The summed E-state index contributed by atoms with van der Waals surface area (Å²) in [6.07, 6.45) is 26.5. The second-order valence-electron chi connectivity index (χ2n) is 7.07. The summed E-state index contributed by atoms with van der Waals surface area (Å²) >= 11 is 0. The molecule has 0 aliphatic carbocycles. The highest BCUT2D eigenvalue weighted by Gasteiger charge is 2.18. The first-order valence-electron chi connectivity index (χ1n) is 10.4. The number of carbonyl (C=O) groups is 1.